The van der Waals surface area contributed by atoms with E-state index in [0.717, 1.165) is 36.0 Å². The van der Waals surface area contributed by atoms with Crippen LogP contribution in [0.4, 0.5) is 4.39 Å². The first-order chi connectivity index (χ1) is 7.11. The molecule has 0 aromatic heterocycles. The van der Waals surface area contributed by atoms with E-state index in [-0.39, 0.29) is 11.9 Å². The molecule has 0 aliphatic heterocycles. The smallest absolute Gasteiger partial charge is 0.129 e. The standard InChI is InChI=1S/C13H18FN/c1-8-7-10-5-3-4-6-11(15)12(10)9(2)13(8)14/h7,11H,3-6,15H2,1-2H3. The lowest BCUT2D eigenvalue weighted by atomic mass is 9.92. The van der Waals surface area contributed by atoms with Gasteiger partial charge in [0.05, 0.1) is 0 Å². The normalized spacial score (nSPS) is 20.9. The number of benzene rings is 1. The molecule has 2 heteroatoms. The van der Waals surface area contributed by atoms with Crippen LogP contribution in [0.15, 0.2) is 6.07 Å². The molecule has 15 heavy (non-hydrogen) atoms. The second kappa shape index (κ2) is 3.93. The summed E-state index contributed by atoms with van der Waals surface area (Å²) in [6.07, 6.45) is 4.35. The molecule has 0 fully saturated rings. The van der Waals surface area contributed by atoms with Crippen molar-refractivity contribution in [3.8, 4) is 0 Å². The van der Waals surface area contributed by atoms with Crippen molar-refractivity contribution in [3.05, 3.63) is 34.1 Å². The fourth-order valence-corrected chi connectivity index (χ4v) is 2.60. The van der Waals surface area contributed by atoms with Crippen LogP contribution in [-0.4, -0.2) is 0 Å². The summed E-state index contributed by atoms with van der Waals surface area (Å²) in [6, 6.07) is 2.00. The summed E-state index contributed by atoms with van der Waals surface area (Å²) in [4.78, 5) is 0. The molecule has 0 spiro atoms. The van der Waals surface area contributed by atoms with E-state index in [4.69, 9.17) is 5.73 Å². The van der Waals surface area contributed by atoms with Crippen molar-refractivity contribution in [1.29, 1.82) is 0 Å². The van der Waals surface area contributed by atoms with Gasteiger partial charge in [0.15, 0.2) is 0 Å². The third kappa shape index (κ3) is 1.78. The molecule has 82 valence electrons. The minimum atomic E-state index is -0.0777. The van der Waals surface area contributed by atoms with Gasteiger partial charge < -0.3 is 5.73 Å². The predicted molar refractivity (Wildman–Crippen MR) is 60.4 cm³/mol. The largest absolute Gasteiger partial charge is 0.324 e. The van der Waals surface area contributed by atoms with Gasteiger partial charge in [-0.2, -0.15) is 0 Å². The summed E-state index contributed by atoms with van der Waals surface area (Å²) in [5.41, 5.74) is 9.94. The van der Waals surface area contributed by atoms with Gasteiger partial charge in [0, 0.05) is 6.04 Å². The van der Waals surface area contributed by atoms with Crippen LogP contribution in [0.25, 0.3) is 0 Å². The van der Waals surface area contributed by atoms with E-state index in [1.54, 1.807) is 0 Å². The molecular weight excluding hydrogens is 189 g/mol. The van der Waals surface area contributed by atoms with E-state index >= 15 is 0 Å². The van der Waals surface area contributed by atoms with Crippen LogP contribution in [0.5, 0.6) is 0 Å². The zero-order chi connectivity index (χ0) is 11.0. The van der Waals surface area contributed by atoms with E-state index in [9.17, 15) is 4.39 Å². The number of rotatable bonds is 0. The van der Waals surface area contributed by atoms with Crippen molar-refractivity contribution in [3.63, 3.8) is 0 Å². The van der Waals surface area contributed by atoms with Gasteiger partial charge in [-0.1, -0.05) is 12.5 Å². The first-order valence-corrected chi connectivity index (χ1v) is 5.65. The Labute approximate surface area is 90.5 Å². The van der Waals surface area contributed by atoms with Crippen LogP contribution in [0.3, 0.4) is 0 Å². The fraction of sp³-hybridized carbons (Fsp3) is 0.538. The number of hydrogen-bond acceptors (Lipinski definition) is 1. The molecular formula is C13H18FN. The Balaban J connectivity index is 2.61. The molecule has 0 heterocycles. The monoisotopic (exact) mass is 207 g/mol. The summed E-state index contributed by atoms with van der Waals surface area (Å²) in [7, 11) is 0. The van der Waals surface area contributed by atoms with Crippen LogP contribution in [-0.2, 0) is 6.42 Å². The average Bonchev–Trinajstić information content (AvgIpc) is 2.37. The van der Waals surface area contributed by atoms with Crippen molar-refractivity contribution >= 4 is 0 Å². The SMILES string of the molecule is Cc1cc2c(c(C)c1F)C(N)CCCC2. The number of halogens is 1. The molecule has 2 rings (SSSR count). The molecule has 1 aromatic rings. The second-order valence-electron chi connectivity index (χ2n) is 4.56. The zero-order valence-electron chi connectivity index (χ0n) is 9.44. The molecule has 1 aliphatic rings. The summed E-state index contributed by atoms with van der Waals surface area (Å²) in [5.74, 6) is -0.0777. The fourth-order valence-electron chi connectivity index (χ4n) is 2.60. The van der Waals surface area contributed by atoms with E-state index in [1.165, 1.54) is 12.0 Å². The maximum Gasteiger partial charge on any atom is 0.129 e. The number of fused-ring (bicyclic) bond motifs is 1. The van der Waals surface area contributed by atoms with Gasteiger partial charge in [0.1, 0.15) is 5.82 Å². The molecule has 0 saturated heterocycles. The van der Waals surface area contributed by atoms with Crippen LogP contribution >= 0.6 is 0 Å². The van der Waals surface area contributed by atoms with Crippen LogP contribution in [0.1, 0.15) is 47.6 Å². The van der Waals surface area contributed by atoms with Crippen molar-refractivity contribution in [2.75, 3.05) is 0 Å². The van der Waals surface area contributed by atoms with Gasteiger partial charge in [-0.3, -0.25) is 0 Å². The number of hydrogen-bond donors (Lipinski definition) is 1. The highest BCUT2D eigenvalue weighted by atomic mass is 19.1. The summed E-state index contributed by atoms with van der Waals surface area (Å²) >= 11 is 0. The van der Waals surface area contributed by atoms with E-state index in [2.05, 4.69) is 0 Å². The lowest BCUT2D eigenvalue weighted by molar-refractivity contribution is 0.586. The molecule has 0 saturated carbocycles. The van der Waals surface area contributed by atoms with Gasteiger partial charge in [-0.15, -0.1) is 0 Å². The topological polar surface area (TPSA) is 26.0 Å². The number of nitrogens with two attached hydrogens (primary N) is 1. The van der Waals surface area contributed by atoms with Crippen LogP contribution < -0.4 is 5.73 Å². The highest BCUT2D eigenvalue weighted by Crippen LogP contribution is 2.32. The highest BCUT2D eigenvalue weighted by Gasteiger charge is 2.20. The quantitative estimate of drug-likeness (QED) is 0.650. The molecule has 1 nitrogen and oxygen atoms in total. The molecule has 2 N–H and O–H groups in total. The minimum absolute atomic E-state index is 0.0256. The van der Waals surface area contributed by atoms with Crippen LogP contribution in [0, 0.1) is 19.7 Å². The van der Waals surface area contributed by atoms with Crippen molar-refractivity contribution in [2.24, 2.45) is 5.73 Å². The van der Waals surface area contributed by atoms with Crippen molar-refractivity contribution < 1.29 is 4.39 Å². The molecule has 1 atom stereocenters. The first-order valence-electron chi connectivity index (χ1n) is 5.65. The van der Waals surface area contributed by atoms with Crippen LogP contribution in [0.2, 0.25) is 0 Å². The van der Waals surface area contributed by atoms with E-state index < -0.39 is 0 Å². The molecule has 1 unspecified atom stereocenters. The van der Waals surface area contributed by atoms with Gasteiger partial charge in [-0.25, -0.2) is 4.39 Å². The minimum Gasteiger partial charge on any atom is -0.324 e. The molecule has 0 radical (unpaired) electrons. The Morgan fingerprint density at radius 2 is 2.07 bits per heavy atom. The maximum absolute atomic E-state index is 13.8. The number of aryl methyl sites for hydroxylation is 2. The van der Waals surface area contributed by atoms with Crippen molar-refractivity contribution in [2.45, 2.75) is 45.6 Å². The Hall–Kier alpha value is -0.890. The van der Waals surface area contributed by atoms with Gasteiger partial charge in [0.25, 0.3) is 0 Å². The Morgan fingerprint density at radius 3 is 2.80 bits per heavy atom. The zero-order valence-corrected chi connectivity index (χ0v) is 9.44. The van der Waals surface area contributed by atoms with Gasteiger partial charge in [0.2, 0.25) is 0 Å². The van der Waals surface area contributed by atoms with Gasteiger partial charge >= 0.3 is 0 Å². The summed E-state index contributed by atoms with van der Waals surface area (Å²) in [5, 5.41) is 0. The molecule has 0 bridgehead atoms. The van der Waals surface area contributed by atoms with Gasteiger partial charge in [-0.05, 0) is 55.4 Å². The second-order valence-corrected chi connectivity index (χ2v) is 4.56. The first kappa shape index (κ1) is 10.6. The molecule has 0 amide bonds. The summed E-state index contributed by atoms with van der Waals surface area (Å²) in [6.45, 7) is 3.69. The average molecular weight is 207 g/mol. The van der Waals surface area contributed by atoms with E-state index in [0.29, 0.717) is 0 Å². The Kier molecular flexibility index (Phi) is 2.79. The lowest BCUT2D eigenvalue weighted by Gasteiger charge is -2.17. The molecule has 1 aliphatic carbocycles. The summed E-state index contributed by atoms with van der Waals surface area (Å²) < 4.78 is 13.8. The Bertz CT molecular complexity index is 385. The van der Waals surface area contributed by atoms with E-state index in [1.807, 2.05) is 19.9 Å². The predicted octanol–water partition coefficient (Wildman–Crippen LogP) is 3.17. The molecule has 1 aromatic carbocycles. The maximum atomic E-state index is 13.8. The van der Waals surface area contributed by atoms with Crippen molar-refractivity contribution in [1.82, 2.24) is 0 Å². The third-order valence-corrected chi connectivity index (χ3v) is 3.40. The lowest BCUT2D eigenvalue weighted by Crippen LogP contribution is -2.13. The Morgan fingerprint density at radius 1 is 1.33 bits per heavy atom. The third-order valence-electron chi connectivity index (χ3n) is 3.40. The highest BCUT2D eigenvalue weighted by molar-refractivity contribution is 5.42.